The zero-order valence-electron chi connectivity index (χ0n) is 17.2. The fourth-order valence-corrected chi connectivity index (χ4v) is 4.00. The van der Waals surface area contributed by atoms with Crippen LogP contribution < -0.4 is 10.2 Å². The van der Waals surface area contributed by atoms with E-state index < -0.39 is 6.23 Å². The maximum atomic E-state index is 12.3. The maximum Gasteiger partial charge on any atom is 0.252 e. The number of anilines is 1. The summed E-state index contributed by atoms with van der Waals surface area (Å²) in [6.45, 7) is 4.68. The van der Waals surface area contributed by atoms with Gasteiger partial charge in [-0.15, -0.1) is 0 Å². The number of ether oxygens (including phenoxy) is 1. The van der Waals surface area contributed by atoms with Crippen molar-refractivity contribution >= 4 is 23.2 Å². The maximum absolute atomic E-state index is 12.3. The molecule has 0 radical (unpaired) electrons. The lowest BCUT2D eigenvalue weighted by Crippen LogP contribution is -2.34. The van der Waals surface area contributed by atoms with Crippen molar-refractivity contribution in [3.8, 4) is 11.3 Å². The number of benzene rings is 1. The topological polar surface area (TPSA) is 74.7 Å². The van der Waals surface area contributed by atoms with Crippen molar-refractivity contribution in [2.24, 2.45) is 11.8 Å². The number of amides is 1. The van der Waals surface area contributed by atoms with Crippen LogP contribution in [0.25, 0.3) is 11.3 Å². The highest BCUT2D eigenvalue weighted by Gasteiger charge is 2.27. The number of aromatic nitrogens is 1. The molecular weight excluding hydrogens is 402 g/mol. The van der Waals surface area contributed by atoms with E-state index in [4.69, 9.17) is 16.3 Å². The molecule has 160 valence electrons. The van der Waals surface area contributed by atoms with E-state index in [2.05, 4.69) is 10.3 Å². The lowest BCUT2D eigenvalue weighted by atomic mass is 10.1. The van der Waals surface area contributed by atoms with Gasteiger partial charge in [0.2, 0.25) is 0 Å². The molecule has 2 aromatic rings. The molecule has 1 aromatic heterocycles. The third-order valence-electron chi connectivity index (χ3n) is 5.76. The number of aliphatic hydroxyl groups excluding tert-OH is 1. The predicted octanol–water partition coefficient (Wildman–Crippen LogP) is 3.72. The molecule has 0 bridgehead atoms. The molecule has 0 spiro atoms. The molecule has 2 N–H and O–H groups in total. The first-order valence-corrected chi connectivity index (χ1v) is 11.0. The van der Waals surface area contributed by atoms with Gasteiger partial charge in [0.1, 0.15) is 6.23 Å². The van der Waals surface area contributed by atoms with Crippen molar-refractivity contribution in [3.05, 3.63) is 47.1 Å². The van der Waals surface area contributed by atoms with E-state index in [1.54, 1.807) is 19.2 Å². The van der Waals surface area contributed by atoms with E-state index in [1.807, 2.05) is 29.2 Å². The summed E-state index contributed by atoms with van der Waals surface area (Å²) < 4.78 is 5.34. The van der Waals surface area contributed by atoms with Crippen LogP contribution in [0.1, 0.15) is 36.5 Å². The van der Waals surface area contributed by atoms with Crippen LogP contribution in [0.2, 0.25) is 5.02 Å². The van der Waals surface area contributed by atoms with E-state index in [0.29, 0.717) is 35.6 Å². The van der Waals surface area contributed by atoms with Crippen LogP contribution in [0.4, 0.5) is 5.69 Å². The van der Waals surface area contributed by atoms with Crippen molar-refractivity contribution in [2.45, 2.75) is 32.4 Å². The Morgan fingerprint density at radius 2 is 2.13 bits per heavy atom. The molecule has 4 rings (SSSR count). The smallest absolute Gasteiger partial charge is 0.252 e. The lowest BCUT2D eigenvalue weighted by Gasteiger charge is -2.29. The van der Waals surface area contributed by atoms with Gasteiger partial charge in [-0.25, -0.2) is 0 Å². The predicted molar refractivity (Wildman–Crippen MR) is 118 cm³/mol. The molecule has 2 atom stereocenters. The minimum Gasteiger partial charge on any atom is -0.381 e. The van der Waals surface area contributed by atoms with Gasteiger partial charge in [0.15, 0.2) is 0 Å². The monoisotopic (exact) mass is 429 g/mol. The Balaban J connectivity index is 1.43. The van der Waals surface area contributed by atoms with Gasteiger partial charge in [-0.2, -0.15) is 0 Å². The van der Waals surface area contributed by atoms with Crippen molar-refractivity contribution < 1.29 is 14.6 Å². The highest BCUT2D eigenvalue weighted by molar-refractivity contribution is 6.33. The van der Waals surface area contributed by atoms with Gasteiger partial charge in [0.25, 0.3) is 5.91 Å². The number of hydrogen-bond acceptors (Lipinski definition) is 5. The summed E-state index contributed by atoms with van der Waals surface area (Å²) in [6, 6.07) is 9.35. The second-order valence-electron chi connectivity index (χ2n) is 8.27. The first kappa shape index (κ1) is 21.1. The van der Waals surface area contributed by atoms with E-state index in [9.17, 15) is 9.90 Å². The zero-order chi connectivity index (χ0) is 21.1. The Labute approximate surface area is 182 Å². The molecule has 6 nitrogen and oxygen atoms in total. The molecule has 30 heavy (non-hydrogen) atoms. The number of nitrogens with zero attached hydrogens (tertiary/aromatic N) is 2. The average molecular weight is 430 g/mol. The van der Waals surface area contributed by atoms with Crippen LogP contribution in [0, 0.1) is 11.8 Å². The van der Waals surface area contributed by atoms with Crippen LogP contribution in [-0.4, -0.2) is 48.5 Å². The quantitative estimate of drug-likeness (QED) is 0.625. The molecule has 1 aliphatic carbocycles. The molecular formula is C23H28ClN3O3. The second-order valence-corrected chi connectivity index (χ2v) is 8.67. The number of halogens is 1. The van der Waals surface area contributed by atoms with E-state index in [1.165, 1.54) is 12.8 Å². The number of carbonyl (C=O) groups is 1. The van der Waals surface area contributed by atoms with Crippen molar-refractivity contribution in [3.63, 3.8) is 0 Å². The number of pyridine rings is 1. The van der Waals surface area contributed by atoms with Crippen LogP contribution in [0.3, 0.4) is 0 Å². The Morgan fingerprint density at radius 1 is 1.30 bits per heavy atom. The highest BCUT2D eigenvalue weighted by Crippen LogP contribution is 2.36. The summed E-state index contributed by atoms with van der Waals surface area (Å²) in [5, 5.41) is 13.7. The SMILES string of the molecule is CC(O)N(CC1CC1)c1ccc(-c2ccc(C(=O)NCC3CCOC3)cn2)cc1Cl. The van der Waals surface area contributed by atoms with Gasteiger partial charge in [0.05, 0.1) is 28.6 Å². The van der Waals surface area contributed by atoms with Gasteiger partial charge in [-0.3, -0.25) is 9.78 Å². The molecule has 7 heteroatoms. The first-order chi connectivity index (χ1) is 14.5. The molecule has 2 unspecified atom stereocenters. The normalized spacial score (nSPS) is 19.5. The minimum absolute atomic E-state index is 0.123. The van der Waals surface area contributed by atoms with Gasteiger partial charge in [-0.1, -0.05) is 17.7 Å². The summed E-state index contributed by atoms with van der Waals surface area (Å²) in [6.07, 6.45) is 4.39. The fraction of sp³-hybridized carbons (Fsp3) is 0.478. The summed E-state index contributed by atoms with van der Waals surface area (Å²) >= 11 is 6.55. The fourth-order valence-electron chi connectivity index (χ4n) is 3.71. The number of hydrogen-bond donors (Lipinski definition) is 2. The molecule has 1 aromatic carbocycles. The molecule has 2 heterocycles. The van der Waals surface area contributed by atoms with Gasteiger partial charge in [-0.05, 0) is 56.4 Å². The van der Waals surface area contributed by atoms with Crippen LogP contribution >= 0.6 is 11.6 Å². The zero-order valence-corrected chi connectivity index (χ0v) is 17.9. The van der Waals surface area contributed by atoms with Crippen molar-refractivity contribution in [2.75, 3.05) is 31.2 Å². The Hall–Kier alpha value is -2.15. The van der Waals surface area contributed by atoms with Gasteiger partial charge >= 0.3 is 0 Å². The summed E-state index contributed by atoms with van der Waals surface area (Å²) in [5.41, 5.74) is 2.98. The Bertz CT molecular complexity index is 878. The number of rotatable bonds is 8. The third-order valence-corrected chi connectivity index (χ3v) is 6.06. The van der Waals surface area contributed by atoms with Crippen LogP contribution in [0.15, 0.2) is 36.5 Å². The lowest BCUT2D eigenvalue weighted by molar-refractivity contribution is 0.0944. The largest absolute Gasteiger partial charge is 0.381 e. The molecule has 2 aliphatic rings. The van der Waals surface area contributed by atoms with E-state index >= 15 is 0 Å². The number of carbonyl (C=O) groups excluding carboxylic acids is 1. The molecule has 1 saturated heterocycles. The van der Waals surface area contributed by atoms with E-state index in [0.717, 1.165) is 36.5 Å². The van der Waals surface area contributed by atoms with Crippen LogP contribution in [0.5, 0.6) is 0 Å². The molecule has 1 saturated carbocycles. The Kier molecular flexibility index (Phi) is 6.56. The second kappa shape index (κ2) is 9.33. The van der Waals surface area contributed by atoms with Gasteiger partial charge < -0.3 is 20.1 Å². The standard InChI is InChI=1S/C23H28ClN3O3/c1-15(28)27(13-16-2-3-16)22-7-5-18(10-20(22)24)21-6-4-19(12-25-21)23(29)26-11-17-8-9-30-14-17/h4-7,10,12,15-17,28H,2-3,8-9,11,13-14H2,1H3,(H,26,29). The third kappa shape index (κ3) is 5.12. The molecule has 2 fully saturated rings. The van der Waals surface area contributed by atoms with Gasteiger partial charge in [0, 0.05) is 37.4 Å². The average Bonchev–Trinajstić information content (AvgIpc) is 3.42. The molecule has 1 aliphatic heterocycles. The Morgan fingerprint density at radius 3 is 2.73 bits per heavy atom. The summed E-state index contributed by atoms with van der Waals surface area (Å²) in [4.78, 5) is 18.7. The summed E-state index contributed by atoms with van der Waals surface area (Å²) in [7, 11) is 0. The minimum atomic E-state index is -0.597. The summed E-state index contributed by atoms with van der Waals surface area (Å²) in [5.74, 6) is 0.904. The number of aliphatic hydroxyl groups is 1. The number of nitrogens with one attached hydrogen (secondary N) is 1. The van der Waals surface area contributed by atoms with Crippen LogP contribution in [-0.2, 0) is 4.74 Å². The molecule has 1 amide bonds. The van der Waals surface area contributed by atoms with E-state index in [-0.39, 0.29) is 5.91 Å². The first-order valence-electron chi connectivity index (χ1n) is 10.6. The highest BCUT2D eigenvalue weighted by atomic mass is 35.5. The van der Waals surface area contributed by atoms with Crippen molar-refractivity contribution in [1.29, 1.82) is 0 Å². The van der Waals surface area contributed by atoms with Crippen molar-refractivity contribution in [1.82, 2.24) is 10.3 Å².